The Morgan fingerprint density at radius 3 is 2.81 bits per heavy atom. The molecule has 2 N–H and O–H groups in total. The first-order valence-corrected chi connectivity index (χ1v) is 4.76. The van der Waals surface area contributed by atoms with Gasteiger partial charge in [-0.05, 0) is 24.3 Å². The SMILES string of the molecule is COc1ccncc1-c1cc(F)ccc1N. The van der Waals surface area contributed by atoms with E-state index in [4.69, 9.17) is 10.5 Å². The van der Waals surface area contributed by atoms with Crippen LogP contribution in [0.5, 0.6) is 5.75 Å². The highest BCUT2D eigenvalue weighted by Gasteiger charge is 2.09. The number of nitrogens with zero attached hydrogens (tertiary/aromatic N) is 1. The number of rotatable bonds is 2. The zero-order chi connectivity index (χ0) is 11.5. The Morgan fingerprint density at radius 2 is 2.06 bits per heavy atom. The molecular formula is C12H11FN2O. The Hall–Kier alpha value is -2.10. The molecule has 0 bridgehead atoms. The summed E-state index contributed by atoms with van der Waals surface area (Å²) < 4.78 is 18.3. The van der Waals surface area contributed by atoms with Crippen LogP contribution in [0, 0.1) is 5.82 Å². The predicted molar refractivity (Wildman–Crippen MR) is 60.6 cm³/mol. The van der Waals surface area contributed by atoms with E-state index in [0.717, 1.165) is 0 Å². The molecule has 0 saturated heterocycles. The smallest absolute Gasteiger partial charge is 0.129 e. The number of ether oxygens (including phenoxy) is 1. The normalized spacial score (nSPS) is 10.1. The van der Waals surface area contributed by atoms with Gasteiger partial charge in [-0.1, -0.05) is 0 Å². The van der Waals surface area contributed by atoms with E-state index in [0.29, 0.717) is 22.6 Å². The second kappa shape index (κ2) is 4.18. The van der Waals surface area contributed by atoms with E-state index in [1.54, 1.807) is 25.6 Å². The number of hydrogen-bond acceptors (Lipinski definition) is 3. The summed E-state index contributed by atoms with van der Waals surface area (Å²) in [6, 6.07) is 5.92. The predicted octanol–water partition coefficient (Wildman–Crippen LogP) is 2.48. The van der Waals surface area contributed by atoms with Gasteiger partial charge in [-0.2, -0.15) is 0 Å². The Morgan fingerprint density at radius 1 is 1.25 bits per heavy atom. The molecule has 3 nitrogen and oxygen atoms in total. The van der Waals surface area contributed by atoms with Gasteiger partial charge in [0.1, 0.15) is 11.6 Å². The lowest BCUT2D eigenvalue weighted by Gasteiger charge is -2.09. The van der Waals surface area contributed by atoms with E-state index in [1.807, 2.05) is 0 Å². The summed E-state index contributed by atoms with van der Waals surface area (Å²) in [5, 5.41) is 0. The van der Waals surface area contributed by atoms with Crippen molar-refractivity contribution in [1.82, 2.24) is 4.98 Å². The van der Waals surface area contributed by atoms with E-state index in [-0.39, 0.29) is 5.82 Å². The first kappa shape index (κ1) is 10.4. The molecule has 0 fully saturated rings. The largest absolute Gasteiger partial charge is 0.496 e. The highest BCUT2D eigenvalue weighted by atomic mass is 19.1. The summed E-state index contributed by atoms with van der Waals surface area (Å²) in [6.07, 6.45) is 3.21. The highest BCUT2D eigenvalue weighted by molar-refractivity contribution is 5.79. The molecule has 0 saturated carbocycles. The third kappa shape index (κ3) is 1.82. The minimum Gasteiger partial charge on any atom is -0.496 e. The standard InChI is InChI=1S/C12H11FN2O/c1-16-12-4-5-15-7-10(12)9-6-8(13)2-3-11(9)14/h2-7H,14H2,1H3. The molecule has 4 heteroatoms. The van der Waals surface area contributed by atoms with Crippen LogP contribution in [0.2, 0.25) is 0 Å². The van der Waals surface area contributed by atoms with Crippen molar-refractivity contribution < 1.29 is 9.13 Å². The molecule has 0 amide bonds. The Balaban J connectivity index is 2.62. The number of benzene rings is 1. The van der Waals surface area contributed by atoms with Gasteiger partial charge in [-0.25, -0.2) is 4.39 Å². The third-order valence-corrected chi connectivity index (χ3v) is 2.31. The van der Waals surface area contributed by atoms with Crippen LogP contribution in [-0.2, 0) is 0 Å². The Bertz CT molecular complexity index is 514. The average molecular weight is 218 g/mol. The molecule has 0 spiro atoms. The van der Waals surface area contributed by atoms with Gasteiger partial charge in [0.05, 0.1) is 7.11 Å². The fourth-order valence-corrected chi connectivity index (χ4v) is 1.52. The van der Waals surface area contributed by atoms with Crippen molar-refractivity contribution in [2.24, 2.45) is 0 Å². The second-order valence-corrected chi connectivity index (χ2v) is 3.31. The Labute approximate surface area is 92.7 Å². The van der Waals surface area contributed by atoms with Crippen LogP contribution < -0.4 is 10.5 Å². The van der Waals surface area contributed by atoms with Gasteiger partial charge in [0.2, 0.25) is 0 Å². The summed E-state index contributed by atoms with van der Waals surface area (Å²) in [5.74, 6) is 0.280. The monoisotopic (exact) mass is 218 g/mol. The molecule has 0 aliphatic carbocycles. The molecule has 1 aromatic carbocycles. The molecule has 16 heavy (non-hydrogen) atoms. The van der Waals surface area contributed by atoms with Crippen LogP contribution >= 0.6 is 0 Å². The van der Waals surface area contributed by atoms with Gasteiger partial charge in [-0.3, -0.25) is 4.98 Å². The molecule has 2 rings (SSSR count). The number of nitrogen functional groups attached to an aromatic ring is 1. The number of methoxy groups -OCH3 is 1. The molecule has 0 aliphatic heterocycles. The summed E-state index contributed by atoms with van der Waals surface area (Å²) in [5.41, 5.74) is 7.56. The lowest BCUT2D eigenvalue weighted by molar-refractivity contribution is 0.416. The summed E-state index contributed by atoms with van der Waals surface area (Å²) >= 11 is 0. The van der Waals surface area contributed by atoms with Crippen LogP contribution in [0.15, 0.2) is 36.7 Å². The third-order valence-electron chi connectivity index (χ3n) is 2.31. The number of nitrogens with two attached hydrogens (primary N) is 1. The van der Waals surface area contributed by atoms with Crippen molar-refractivity contribution in [3.8, 4) is 16.9 Å². The van der Waals surface area contributed by atoms with Crippen molar-refractivity contribution >= 4 is 5.69 Å². The lowest BCUT2D eigenvalue weighted by atomic mass is 10.0. The van der Waals surface area contributed by atoms with Gasteiger partial charge in [0, 0.05) is 29.2 Å². The molecule has 2 aromatic rings. The number of pyridine rings is 1. The van der Waals surface area contributed by atoms with E-state index < -0.39 is 0 Å². The van der Waals surface area contributed by atoms with E-state index in [1.165, 1.54) is 18.2 Å². The fraction of sp³-hybridized carbons (Fsp3) is 0.0833. The summed E-state index contributed by atoms with van der Waals surface area (Å²) in [6.45, 7) is 0. The summed E-state index contributed by atoms with van der Waals surface area (Å²) in [4.78, 5) is 3.98. The van der Waals surface area contributed by atoms with Crippen LogP contribution in [0.4, 0.5) is 10.1 Å². The number of anilines is 1. The fourth-order valence-electron chi connectivity index (χ4n) is 1.52. The molecular weight excluding hydrogens is 207 g/mol. The van der Waals surface area contributed by atoms with Crippen molar-refractivity contribution in [2.45, 2.75) is 0 Å². The van der Waals surface area contributed by atoms with Crippen molar-refractivity contribution in [3.63, 3.8) is 0 Å². The number of halogens is 1. The van der Waals surface area contributed by atoms with Crippen LogP contribution in [0.3, 0.4) is 0 Å². The van der Waals surface area contributed by atoms with Gasteiger partial charge < -0.3 is 10.5 Å². The van der Waals surface area contributed by atoms with E-state index in [2.05, 4.69) is 4.98 Å². The summed E-state index contributed by atoms with van der Waals surface area (Å²) in [7, 11) is 1.55. The highest BCUT2D eigenvalue weighted by Crippen LogP contribution is 2.33. The minimum atomic E-state index is -0.338. The van der Waals surface area contributed by atoms with E-state index in [9.17, 15) is 4.39 Å². The van der Waals surface area contributed by atoms with Crippen molar-refractivity contribution in [3.05, 3.63) is 42.5 Å². The maximum atomic E-state index is 13.2. The minimum absolute atomic E-state index is 0.338. The zero-order valence-electron chi connectivity index (χ0n) is 8.77. The molecule has 0 unspecified atom stereocenters. The van der Waals surface area contributed by atoms with Crippen molar-refractivity contribution in [2.75, 3.05) is 12.8 Å². The quantitative estimate of drug-likeness (QED) is 0.788. The van der Waals surface area contributed by atoms with E-state index >= 15 is 0 Å². The van der Waals surface area contributed by atoms with Gasteiger partial charge in [0.15, 0.2) is 0 Å². The molecule has 0 aliphatic rings. The zero-order valence-corrected chi connectivity index (χ0v) is 8.77. The Kier molecular flexibility index (Phi) is 2.72. The van der Waals surface area contributed by atoms with Gasteiger partial charge in [0.25, 0.3) is 0 Å². The number of aromatic nitrogens is 1. The number of hydrogen-bond donors (Lipinski definition) is 1. The van der Waals surface area contributed by atoms with Crippen LogP contribution in [0.1, 0.15) is 0 Å². The van der Waals surface area contributed by atoms with Gasteiger partial charge in [-0.15, -0.1) is 0 Å². The maximum Gasteiger partial charge on any atom is 0.129 e. The molecule has 0 atom stereocenters. The average Bonchev–Trinajstić information content (AvgIpc) is 2.32. The lowest BCUT2D eigenvalue weighted by Crippen LogP contribution is -1.94. The second-order valence-electron chi connectivity index (χ2n) is 3.31. The van der Waals surface area contributed by atoms with Gasteiger partial charge >= 0.3 is 0 Å². The molecule has 1 aromatic heterocycles. The molecule has 1 heterocycles. The topological polar surface area (TPSA) is 48.1 Å². The molecule has 0 radical (unpaired) electrons. The first-order valence-electron chi connectivity index (χ1n) is 4.76. The van der Waals surface area contributed by atoms with Crippen molar-refractivity contribution in [1.29, 1.82) is 0 Å². The first-order chi connectivity index (χ1) is 7.72. The van der Waals surface area contributed by atoms with Crippen LogP contribution in [-0.4, -0.2) is 12.1 Å². The molecule has 82 valence electrons. The van der Waals surface area contributed by atoms with Crippen LogP contribution in [0.25, 0.3) is 11.1 Å². The maximum absolute atomic E-state index is 13.2.